The highest BCUT2D eigenvalue weighted by molar-refractivity contribution is 7.99. The average molecular weight is 346 g/mol. The van der Waals surface area contributed by atoms with Crippen LogP contribution in [0.1, 0.15) is 44.6 Å². The van der Waals surface area contributed by atoms with Crippen LogP contribution in [0.4, 0.5) is 0 Å². The largest absolute Gasteiger partial charge is 0.355 e. The van der Waals surface area contributed by atoms with E-state index < -0.39 is 5.41 Å². The third-order valence-corrected chi connectivity index (χ3v) is 6.60. The van der Waals surface area contributed by atoms with Crippen LogP contribution in [0, 0.1) is 0 Å². The molecule has 1 heterocycles. The Labute approximate surface area is 148 Å². The van der Waals surface area contributed by atoms with Gasteiger partial charge < -0.3 is 10.6 Å². The number of nitrogens with one attached hydrogen (secondary N) is 2. The monoisotopic (exact) mass is 346 g/mol. The smallest absolute Gasteiger partial charge is 0.232 e. The summed E-state index contributed by atoms with van der Waals surface area (Å²) in [6.07, 6.45) is 4.39. The van der Waals surface area contributed by atoms with Crippen LogP contribution in [0.15, 0.2) is 30.3 Å². The molecule has 1 saturated carbocycles. The number of hydrogen-bond acceptors (Lipinski definition) is 3. The van der Waals surface area contributed by atoms with Gasteiger partial charge in [0.05, 0.1) is 5.41 Å². The van der Waals surface area contributed by atoms with Gasteiger partial charge in [0.25, 0.3) is 0 Å². The fraction of sp³-hybridized carbons (Fsp3) is 0.579. The molecule has 5 heteroatoms. The Hall–Kier alpha value is -1.49. The van der Waals surface area contributed by atoms with E-state index in [2.05, 4.69) is 17.6 Å². The molecule has 0 spiro atoms. The second-order valence-corrected chi connectivity index (χ2v) is 8.25. The van der Waals surface area contributed by atoms with E-state index in [4.69, 9.17) is 0 Å². The molecule has 130 valence electrons. The number of amides is 2. The zero-order chi connectivity index (χ0) is 17.0. The first-order valence-corrected chi connectivity index (χ1v) is 9.95. The molecule has 2 amide bonds. The first-order valence-electron chi connectivity index (χ1n) is 8.90. The molecule has 2 fully saturated rings. The second-order valence-electron chi connectivity index (χ2n) is 6.73. The van der Waals surface area contributed by atoms with Crippen LogP contribution in [0.3, 0.4) is 0 Å². The molecule has 3 unspecified atom stereocenters. The highest BCUT2D eigenvalue weighted by Crippen LogP contribution is 2.34. The first-order chi connectivity index (χ1) is 11.7. The quantitative estimate of drug-likeness (QED) is 0.862. The van der Waals surface area contributed by atoms with Gasteiger partial charge >= 0.3 is 0 Å². The van der Waals surface area contributed by atoms with Crippen LogP contribution < -0.4 is 10.6 Å². The molecular formula is C19H26N2O2S. The van der Waals surface area contributed by atoms with E-state index >= 15 is 0 Å². The van der Waals surface area contributed by atoms with Gasteiger partial charge in [-0.25, -0.2) is 0 Å². The summed E-state index contributed by atoms with van der Waals surface area (Å²) in [5, 5.41) is 6.75. The molecule has 0 bridgehead atoms. The summed E-state index contributed by atoms with van der Waals surface area (Å²) in [5.41, 5.74) is 0.360. The number of piperidine rings is 1. The molecular weight excluding hydrogens is 320 g/mol. The summed E-state index contributed by atoms with van der Waals surface area (Å²) in [6.45, 7) is 2.56. The maximum absolute atomic E-state index is 13.3. The van der Waals surface area contributed by atoms with Gasteiger partial charge in [-0.15, -0.1) is 0 Å². The van der Waals surface area contributed by atoms with Crippen LogP contribution in [-0.2, 0) is 15.0 Å². The predicted molar refractivity (Wildman–Crippen MR) is 98.1 cm³/mol. The first kappa shape index (κ1) is 17.3. The molecule has 1 aliphatic heterocycles. The Kier molecular flexibility index (Phi) is 5.49. The molecule has 2 aliphatic rings. The van der Waals surface area contributed by atoms with E-state index in [0.29, 0.717) is 24.6 Å². The van der Waals surface area contributed by atoms with E-state index in [1.807, 2.05) is 42.1 Å². The van der Waals surface area contributed by atoms with Gasteiger partial charge in [-0.05, 0) is 30.6 Å². The summed E-state index contributed by atoms with van der Waals surface area (Å²) >= 11 is 1.95. The molecule has 3 atom stereocenters. The van der Waals surface area contributed by atoms with Crippen molar-refractivity contribution >= 4 is 23.6 Å². The topological polar surface area (TPSA) is 58.2 Å². The molecule has 4 nitrogen and oxygen atoms in total. The summed E-state index contributed by atoms with van der Waals surface area (Å²) in [6, 6.07) is 10.1. The Morgan fingerprint density at radius 2 is 2.12 bits per heavy atom. The molecule has 3 rings (SSSR count). The van der Waals surface area contributed by atoms with Gasteiger partial charge in [0.2, 0.25) is 11.8 Å². The van der Waals surface area contributed by atoms with Crippen LogP contribution in [-0.4, -0.2) is 35.4 Å². The summed E-state index contributed by atoms with van der Waals surface area (Å²) in [4.78, 5) is 24.9. The maximum Gasteiger partial charge on any atom is 0.232 e. The van der Waals surface area contributed by atoms with Gasteiger partial charge in [-0.2, -0.15) is 11.8 Å². The maximum atomic E-state index is 13.3. The van der Waals surface area contributed by atoms with E-state index in [9.17, 15) is 9.59 Å². The highest BCUT2D eigenvalue weighted by atomic mass is 32.2. The normalized spacial score (nSPS) is 30.0. The molecule has 1 aromatic carbocycles. The van der Waals surface area contributed by atoms with E-state index in [-0.39, 0.29) is 17.9 Å². The van der Waals surface area contributed by atoms with Crippen LogP contribution in [0.25, 0.3) is 0 Å². The number of hydrogen-bond donors (Lipinski definition) is 2. The van der Waals surface area contributed by atoms with Gasteiger partial charge in [-0.3, -0.25) is 9.59 Å². The molecule has 0 aromatic heterocycles. The third-order valence-electron chi connectivity index (χ3n) is 5.28. The van der Waals surface area contributed by atoms with E-state index in [1.54, 1.807) is 0 Å². The number of benzene rings is 1. The number of thioether (sulfide) groups is 1. The van der Waals surface area contributed by atoms with Crippen molar-refractivity contribution < 1.29 is 9.59 Å². The lowest BCUT2D eigenvalue weighted by Crippen LogP contribution is -2.57. The zero-order valence-corrected chi connectivity index (χ0v) is 15.0. The van der Waals surface area contributed by atoms with Gasteiger partial charge in [0.1, 0.15) is 0 Å². The van der Waals surface area contributed by atoms with E-state index in [0.717, 1.165) is 17.7 Å². The minimum Gasteiger partial charge on any atom is -0.355 e. The minimum absolute atomic E-state index is 0.0367. The molecule has 24 heavy (non-hydrogen) atoms. The average Bonchev–Trinajstić information content (AvgIpc) is 3.04. The predicted octanol–water partition coefficient (Wildman–Crippen LogP) is 2.62. The summed E-state index contributed by atoms with van der Waals surface area (Å²) in [7, 11) is 0. The Balaban J connectivity index is 1.81. The van der Waals surface area contributed by atoms with Crippen molar-refractivity contribution in [2.75, 3.05) is 12.3 Å². The summed E-state index contributed by atoms with van der Waals surface area (Å²) < 4.78 is 0. The molecule has 1 saturated heterocycles. The van der Waals surface area contributed by atoms with Crippen molar-refractivity contribution in [1.29, 1.82) is 0 Å². The Morgan fingerprint density at radius 1 is 1.33 bits per heavy atom. The minimum atomic E-state index is -0.640. The van der Waals surface area contributed by atoms with Crippen molar-refractivity contribution in [3.8, 4) is 0 Å². The van der Waals surface area contributed by atoms with E-state index in [1.165, 1.54) is 12.8 Å². The highest BCUT2D eigenvalue weighted by Gasteiger charge is 2.44. The van der Waals surface area contributed by atoms with Gasteiger partial charge in [0.15, 0.2) is 0 Å². The van der Waals surface area contributed by atoms with Crippen LogP contribution in [0.2, 0.25) is 0 Å². The standard InChI is InChI=1S/C19H26N2O2S/c1-2-24-16-10-6-9-15(16)21-18(23)19(12-11-17(22)20-13-19)14-7-4-3-5-8-14/h3-5,7-8,15-16H,2,6,9-13H2,1H3,(H,20,22)(H,21,23). The molecule has 0 radical (unpaired) electrons. The van der Waals surface area contributed by atoms with Crippen molar-refractivity contribution in [3.05, 3.63) is 35.9 Å². The second kappa shape index (κ2) is 7.60. The molecule has 2 N–H and O–H groups in total. The van der Waals surface area contributed by atoms with Crippen LogP contribution >= 0.6 is 11.8 Å². The van der Waals surface area contributed by atoms with Crippen LogP contribution in [0.5, 0.6) is 0 Å². The number of rotatable bonds is 5. The summed E-state index contributed by atoms with van der Waals surface area (Å²) in [5.74, 6) is 1.19. The van der Waals surface area contributed by atoms with Crippen molar-refractivity contribution in [1.82, 2.24) is 10.6 Å². The lowest BCUT2D eigenvalue weighted by molar-refractivity contribution is -0.131. The lowest BCUT2D eigenvalue weighted by atomic mass is 9.73. The molecule has 1 aromatic rings. The Bertz CT molecular complexity index is 580. The fourth-order valence-corrected chi connectivity index (χ4v) is 5.09. The number of carbonyl (C=O) groups excluding carboxylic acids is 2. The van der Waals surface area contributed by atoms with Crippen molar-refractivity contribution in [3.63, 3.8) is 0 Å². The lowest BCUT2D eigenvalue weighted by Gasteiger charge is -2.37. The van der Waals surface area contributed by atoms with Gasteiger partial charge in [-0.1, -0.05) is 43.7 Å². The fourth-order valence-electron chi connectivity index (χ4n) is 3.89. The zero-order valence-electron chi connectivity index (χ0n) is 14.2. The van der Waals surface area contributed by atoms with Crippen molar-refractivity contribution in [2.45, 2.75) is 55.7 Å². The SMILES string of the molecule is CCSC1CCCC1NC(=O)C1(c2ccccc2)CCC(=O)NC1. The third kappa shape index (κ3) is 3.46. The molecule has 1 aliphatic carbocycles. The Morgan fingerprint density at radius 3 is 2.79 bits per heavy atom. The van der Waals surface area contributed by atoms with Gasteiger partial charge in [0, 0.05) is 24.3 Å². The number of carbonyl (C=O) groups is 2. The van der Waals surface area contributed by atoms with Crippen molar-refractivity contribution in [2.24, 2.45) is 0 Å².